The molecule has 3 N–H and O–H groups in total. The first kappa shape index (κ1) is 18.9. The number of carbonyl (C=O) groups excluding carboxylic acids is 2. The molecule has 1 saturated carbocycles. The number of aliphatic hydroxyl groups is 1. The summed E-state index contributed by atoms with van der Waals surface area (Å²) in [4.78, 5) is 38.7. The molecule has 1 saturated heterocycles. The predicted molar refractivity (Wildman–Crippen MR) is 94.1 cm³/mol. The van der Waals surface area contributed by atoms with Gasteiger partial charge in [0.05, 0.1) is 6.10 Å². The molecular formula is C19H28N2O5. The zero-order valence-electron chi connectivity index (χ0n) is 15.2. The Labute approximate surface area is 153 Å². The molecule has 7 nitrogen and oxygen atoms in total. The molecule has 144 valence electrons. The number of amides is 2. The summed E-state index contributed by atoms with van der Waals surface area (Å²) in [6.45, 7) is 1.99. The van der Waals surface area contributed by atoms with E-state index in [2.05, 4.69) is 5.32 Å². The molecule has 2 fully saturated rings. The van der Waals surface area contributed by atoms with Gasteiger partial charge in [0.15, 0.2) is 0 Å². The number of hydrogen-bond acceptors (Lipinski definition) is 4. The summed E-state index contributed by atoms with van der Waals surface area (Å²) in [6.07, 6.45) is 8.25. The molecule has 1 aliphatic carbocycles. The lowest BCUT2D eigenvalue weighted by atomic mass is 10.0. The highest BCUT2D eigenvalue weighted by molar-refractivity contribution is 5.95. The Bertz CT molecular complexity index is 619. The van der Waals surface area contributed by atoms with Gasteiger partial charge in [0.2, 0.25) is 11.8 Å². The summed E-state index contributed by atoms with van der Waals surface area (Å²) in [7, 11) is 0. The number of carboxylic acids is 1. The first-order chi connectivity index (χ1) is 12.3. The second-order valence-corrected chi connectivity index (χ2v) is 7.94. The van der Waals surface area contributed by atoms with Crippen LogP contribution in [0.3, 0.4) is 0 Å². The van der Waals surface area contributed by atoms with Crippen molar-refractivity contribution in [1.82, 2.24) is 10.2 Å². The van der Waals surface area contributed by atoms with Crippen molar-refractivity contribution in [3.05, 3.63) is 12.2 Å². The van der Waals surface area contributed by atoms with E-state index in [0.29, 0.717) is 6.42 Å². The molecule has 5 atom stereocenters. The zero-order chi connectivity index (χ0) is 18.9. The van der Waals surface area contributed by atoms with E-state index >= 15 is 0 Å². The van der Waals surface area contributed by atoms with Gasteiger partial charge in [0.25, 0.3) is 0 Å². The van der Waals surface area contributed by atoms with Gasteiger partial charge in [0, 0.05) is 24.8 Å². The topological polar surface area (TPSA) is 107 Å². The molecule has 0 aromatic heterocycles. The van der Waals surface area contributed by atoms with Crippen molar-refractivity contribution < 1.29 is 24.6 Å². The lowest BCUT2D eigenvalue weighted by Gasteiger charge is -2.27. The van der Waals surface area contributed by atoms with E-state index in [1.54, 1.807) is 0 Å². The molecule has 2 amide bonds. The minimum atomic E-state index is -1.28. The number of carbonyl (C=O) groups is 3. The molecule has 26 heavy (non-hydrogen) atoms. The van der Waals surface area contributed by atoms with Gasteiger partial charge in [-0.1, -0.05) is 31.9 Å². The fourth-order valence-corrected chi connectivity index (χ4v) is 4.13. The fraction of sp³-hybridized carbons (Fsp3) is 0.737. The van der Waals surface area contributed by atoms with Gasteiger partial charge < -0.3 is 20.4 Å². The standard InChI is InChI=1S/C19H28N2O5/c1-12-7-5-3-2-4-6-8-13-10-19(13,18(25)26)20-16(23)15-9-14(22)11-21(15)17(12)24/h6,8,12-15,22H,2-5,7,9-11H2,1H3,(H,20,23)(H,25,26)/b8-6-/t12-,13-,14+,15-,19+/m0/s1. The van der Waals surface area contributed by atoms with Crippen molar-refractivity contribution in [2.45, 2.75) is 69.6 Å². The quantitative estimate of drug-likeness (QED) is 0.603. The van der Waals surface area contributed by atoms with Crippen molar-refractivity contribution in [2.24, 2.45) is 11.8 Å². The van der Waals surface area contributed by atoms with E-state index in [4.69, 9.17) is 0 Å². The number of aliphatic carboxylic acids is 1. The van der Waals surface area contributed by atoms with Crippen molar-refractivity contribution in [2.75, 3.05) is 6.54 Å². The highest BCUT2D eigenvalue weighted by atomic mass is 16.4. The van der Waals surface area contributed by atoms with Crippen LogP contribution in [0.2, 0.25) is 0 Å². The first-order valence-corrected chi connectivity index (χ1v) is 9.56. The molecule has 0 aromatic carbocycles. The molecular weight excluding hydrogens is 336 g/mol. The number of fused-ring (bicyclic) bond motifs is 2. The lowest BCUT2D eigenvalue weighted by Crippen LogP contribution is -2.53. The van der Waals surface area contributed by atoms with Crippen LogP contribution in [0.4, 0.5) is 0 Å². The van der Waals surface area contributed by atoms with Crippen molar-refractivity contribution in [3.63, 3.8) is 0 Å². The Morgan fingerprint density at radius 3 is 2.81 bits per heavy atom. The Kier molecular flexibility index (Phi) is 5.37. The summed E-state index contributed by atoms with van der Waals surface area (Å²) >= 11 is 0. The third kappa shape index (κ3) is 3.63. The van der Waals surface area contributed by atoms with Gasteiger partial charge in [0.1, 0.15) is 11.6 Å². The van der Waals surface area contributed by atoms with Crippen molar-refractivity contribution in [3.8, 4) is 0 Å². The molecule has 3 aliphatic rings. The number of nitrogens with one attached hydrogen (secondary N) is 1. The van der Waals surface area contributed by atoms with E-state index in [1.807, 2.05) is 19.1 Å². The summed E-state index contributed by atoms with van der Waals surface area (Å²) < 4.78 is 0. The third-order valence-electron chi connectivity index (χ3n) is 5.91. The predicted octanol–water partition coefficient (Wildman–Crippen LogP) is 1.06. The molecule has 0 aromatic rings. The Morgan fingerprint density at radius 1 is 1.31 bits per heavy atom. The average Bonchev–Trinajstić information content (AvgIpc) is 3.14. The maximum atomic E-state index is 12.8. The van der Waals surface area contributed by atoms with Crippen LogP contribution in [0.5, 0.6) is 0 Å². The Balaban J connectivity index is 1.83. The van der Waals surface area contributed by atoms with E-state index < -0.39 is 29.6 Å². The number of aliphatic hydroxyl groups excluding tert-OH is 1. The fourth-order valence-electron chi connectivity index (χ4n) is 4.13. The monoisotopic (exact) mass is 364 g/mol. The molecule has 0 spiro atoms. The number of allylic oxidation sites excluding steroid dienone is 1. The highest BCUT2D eigenvalue weighted by Gasteiger charge is 2.61. The third-order valence-corrected chi connectivity index (χ3v) is 5.91. The summed E-state index contributed by atoms with van der Waals surface area (Å²) in [5.41, 5.74) is -1.28. The van der Waals surface area contributed by atoms with Crippen LogP contribution in [0, 0.1) is 11.8 Å². The van der Waals surface area contributed by atoms with Gasteiger partial charge in [-0.05, 0) is 25.7 Å². The van der Waals surface area contributed by atoms with E-state index in [-0.39, 0.29) is 30.7 Å². The van der Waals surface area contributed by atoms with Gasteiger partial charge in [-0.15, -0.1) is 0 Å². The molecule has 0 unspecified atom stereocenters. The maximum Gasteiger partial charge on any atom is 0.330 e. The van der Waals surface area contributed by atoms with E-state index in [9.17, 15) is 24.6 Å². The van der Waals surface area contributed by atoms with Gasteiger partial charge in [-0.25, -0.2) is 4.79 Å². The Hall–Kier alpha value is -1.89. The van der Waals surface area contributed by atoms with Crippen LogP contribution >= 0.6 is 0 Å². The smallest absolute Gasteiger partial charge is 0.330 e. The summed E-state index contributed by atoms with van der Waals surface area (Å²) in [5.74, 6) is -2.09. The van der Waals surface area contributed by atoms with Gasteiger partial charge in [-0.3, -0.25) is 9.59 Å². The molecule has 0 radical (unpaired) electrons. The SMILES string of the molecule is C[C@H]1CCCCC/C=C\[C@H]2C[C@@]2(C(=O)O)NC(=O)[C@@H]2C[C@@H](O)CN2C1=O. The van der Waals surface area contributed by atoms with Crippen LogP contribution in [0.25, 0.3) is 0 Å². The second-order valence-electron chi connectivity index (χ2n) is 7.94. The zero-order valence-corrected chi connectivity index (χ0v) is 15.2. The normalized spacial score (nSPS) is 39.8. The number of nitrogens with zero attached hydrogens (tertiary/aromatic N) is 1. The summed E-state index contributed by atoms with van der Waals surface area (Å²) in [6, 6.07) is -0.800. The number of carboxylic acid groups (broad SMARTS) is 1. The average molecular weight is 364 g/mol. The minimum absolute atomic E-state index is 0.130. The largest absolute Gasteiger partial charge is 0.479 e. The number of rotatable bonds is 1. The van der Waals surface area contributed by atoms with Crippen LogP contribution in [-0.4, -0.2) is 57.1 Å². The van der Waals surface area contributed by atoms with Crippen molar-refractivity contribution in [1.29, 1.82) is 0 Å². The molecule has 2 aliphatic heterocycles. The van der Waals surface area contributed by atoms with Crippen LogP contribution in [-0.2, 0) is 14.4 Å². The molecule has 7 heteroatoms. The first-order valence-electron chi connectivity index (χ1n) is 9.56. The van der Waals surface area contributed by atoms with Crippen LogP contribution < -0.4 is 5.32 Å². The van der Waals surface area contributed by atoms with Crippen molar-refractivity contribution >= 4 is 17.8 Å². The minimum Gasteiger partial charge on any atom is -0.479 e. The van der Waals surface area contributed by atoms with E-state index in [0.717, 1.165) is 32.1 Å². The van der Waals surface area contributed by atoms with Gasteiger partial charge in [-0.2, -0.15) is 0 Å². The lowest BCUT2D eigenvalue weighted by molar-refractivity contribution is -0.146. The Morgan fingerprint density at radius 2 is 2.08 bits per heavy atom. The van der Waals surface area contributed by atoms with Gasteiger partial charge >= 0.3 is 5.97 Å². The van der Waals surface area contributed by atoms with Crippen LogP contribution in [0.1, 0.15) is 51.9 Å². The summed E-state index contributed by atoms with van der Waals surface area (Å²) in [5, 5.41) is 22.3. The highest BCUT2D eigenvalue weighted by Crippen LogP contribution is 2.45. The molecule has 0 bridgehead atoms. The molecule has 2 heterocycles. The maximum absolute atomic E-state index is 12.8. The second kappa shape index (κ2) is 7.39. The van der Waals surface area contributed by atoms with Crippen LogP contribution in [0.15, 0.2) is 12.2 Å². The number of hydrogen-bond donors (Lipinski definition) is 3. The molecule has 3 rings (SSSR count). The van der Waals surface area contributed by atoms with E-state index in [1.165, 1.54) is 4.90 Å².